The second kappa shape index (κ2) is 9.48. The molecule has 0 radical (unpaired) electrons. The van der Waals surface area contributed by atoms with Gasteiger partial charge in [0.2, 0.25) is 11.8 Å². The molecule has 4 saturated heterocycles. The first-order valence-corrected chi connectivity index (χ1v) is 15.5. The molecule has 0 bridgehead atoms. The fourth-order valence-electron chi connectivity index (χ4n) is 10.4. The number of fused-ring (bicyclic) bond motifs is 5. The molecular weight excluding hydrogens is 464 g/mol. The molecule has 37 heavy (non-hydrogen) atoms. The molecule has 9 atom stereocenters. The number of carbonyl (C=O) groups excluding carboxylic acids is 2. The van der Waals surface area contributed by atoms with E-state index in [1.165, 1.54) is 32.2 Å². The van der Waals surface area contributed by atoms with Crippen molar-refractivity contribution in [2.75, 3.05) is 6.54 Å². The van der Waals surface area contributed by atoms with Gasteiger partial charge in [0, 0.05) is 43.2 Å². The van der Waals surface area contributed by atoms with Crippen LogP contribution in [0.1, 0.15) is 98.8 Å². The van der Waals surface area contributed by atoms with E-state index in [4.69, 9.17) is 4.74 Å². The first kappa shape index (κ1) is 26.1. The highest BCUT2D eigenvalue weighted by Crippen LogP contribution is 2.53. The molecule has 2 amide bonds. The number of rotatable bonds is 4. The molecule has 0 spiro atoms. The summed E-state index contributed by atoms with van der Waals surface area (Å²) in [5.74, 6) is 2.54. The summed E-state index contributed by atoms with van der Waals surface area (Å²) in [7, 11) is 0. The molecule has 2 aliphatic carbocycles. The lowest BCUT2D eigenvalue weighted by molar-refractivity contribution is -0.788. The van der Waals surface area contributed by atoms with E-state index in [1.807, 2.05) is 6.92 Å². The van der Waals surface area contributed by atoms with Crippen LogP contribution in [-0.4, -0.2) is 70.7 Å². The van der Waals surface area contributed by atoms with Gasteiger partial charge in [-0.15, -0.1) is 0 Å². The number of hydrogen-bond donors (Lipinski definition) is 3. The molecule has 6 rings (SSSR count). The number of nitrogens with one attached hydrogen (secondary N) is 1. The Bertz CT molecular complexity index is 889. The maximum absolute atomic E-state index is 13.8. The molecule has 0 aromatic heterocycles. The number of quaternary nitrogens is 2. The molecule has 0 aromatic rings. The fraction of sp³-hybridized carbons (Fsp3) is 0.933. The molecule has 7 heteroatoms. The van der Waals surface area contributed by atoms with E-state index in [1.54, 1.807) is 0 Å². The Morgan fingerprint density at radius 1 is 1.00 bits per heavy atom. The lowest BCUT2D eigenvalue weighted by Gasteiger charge is -2.50. The van der Waals surface area contributed by atoms with E-state index in [2.05, 4.69) is 48.5 Å². The zero-order valence-corrected chi connectivity index (χ0v) is 23.9. The molecule has 9 unspecified atom stereocenters. The van der Waals surface area contributed by atoms with Crippen LogP contribution in [0, 0.1) is 23.7 Å². The van der Waals surface area contributed by atoms with Gasteiger partial charge in [-0.3, -0.25) is 9.59 Å². The fourth-order valence-corrected chi connectivity index (χ4v) is 10.4. The third-order valence-electron chi connectivity index (χ3n) is 11.1. The first-order valence-electron chi connectivity index (χ1n) is 15.5. The van der Waals surface area contributed by atoms with Crippen molar-refractivity contribution in [3.63, 3.8) is 0 Å². The molecule has 2 saturated carbocycles. The minimum absolute atomic E-state index is 0.0380. The van der Waals surface area contributed by atoms with E-state index < -0.39 is 6.10 Å². The van der Waals surface area contributed by atoms with E-state index in [-0.39, 0.29) is 35.0 Å². The Morgan fingerprint density at radius 2 is 1.73 bits per heavy atom. The lowest BCUT2D eigenvalue weighted by atomic mass is 9.66. The van der Waals surface area contributed by atoms with Crippen molar-refractivity contribution in [2.45, 2.75) is 146 Å². The van der Waals surface area contributed by atoms with Gasteiger partial charge < -0.3 is 25.6 Å². The average molecular weight is 517 g/mol. The molecular formula is C30H52N4O3+2. The summed E-state index contributed by atoms with van der Waals surface area (Å²) in [6.07, 6.45) is 10.7. The van der Waals surface area contributed by atoms with Crippen molar-refractivity contribution < 1.29 is 25.0 Å². The Kier molecular flexibility index (Phi) is 6.68. The first-order chi connectivity index (χ1) is 17.5. The van der Waals surface area contributed by atoms with Gasteiger partial charge >= 0.3 is 0 Å². The maximum Gasteiger partial charge on any atom is 0.249 e. The molecule has 4 aliphatic heterocycles. The SMILES string of the molecule is CC(OC1CCC2C(C1)C1CC[NH2+]C3C4CCCCC4C(=O)N2C13)C(=O)NC1CC(C)(C)[NH2+]C(C)(C)C1. The normalized spacial score (nSPS) is 43.4. The van der Waals surface area contributed by atoms with Crippen molar-refractivity contribution >= 4 is 11.8 Å². The summed E-state index contributed by atoms with van der Waals surface area (Å²) in [6, 6.07) is 1.63. The molecule has 6 aliphatic rings. The number of nitrogens with two attached hydrogens (primary N) is 2. The highest BCUT2D eigenvalue weighted by Gasteiger charge is 2.63. The van der Waals surface area contributed by atoms with Crippen LogP contribution in [0.5, 0.6) is 0 Å². The Hall–Kier alpha value is -1.18. The van der Waals surface area contributed by atoms with Gasteiger partial charge in [-0.1, -0.05) is 12.8 Å². The molecule has 7 nitrogen and oxygen atoms in total. The van der Waals surface area contributed by atoms with E-state index in [9.17, 15) is 9.59 Å². The van der Waals surface area contributed by atoms with Crippen LogP contribution in [0.2, 0.25) is 0 Å². The molecule has 0 aromatic carbocycles. The van der Waals surface area contributed by atoms with Crippen LogP contribution in [0.15, 0.2) is 0 Å². The highest BCUT2D eigenvalue weighted by molar-refractivity contribution is 5.82. The van der Waals surface area contributed by atoms with Gasteiger partial charge in [0.25, 0.3) is 0 Å². The smallest absolute Gasteiger partial charge is 0.249 e. The second-order valence-electron chi connectivity index (χ2n) is 15.0. The number of nitrogens with zero attached hydrogens (tertiary/aromatic N) is 1. The van der Waals surface area contributed by atoms with Crippen molar-refractivity contribution in [2.24, 2.45) is 23.7 Å². The highest BCUT2D eigenvalue weighted by atomic mass is 16.5. The summed E-state index contributed by atoms with van der Waals surface area (Å²) in [4.78, 5) is 29.4. The van der Waals surface area contributed by atoms with Gasteiger partial charge in [-0.05, 0) is 78.6 Å². The topological polar surface area (TPSA) is 91.9 Å². The molecule has 4 heterocycles. The van der Waals surface area contributed by atoms with Crippen LogP contribution < -0.4 is 16.0 Å². The molecule has 5 N–H and O–H groups in total. The van der Waals surface area contributed by atoms with Crippen molar-refractivity contribution in [3.05, 3.63) is 0 Å². The summed E-state index contributed by atoms with van der Waals surface area (Å²) in [6.45, 7) is 12.2. The van der Waals surface area contributed by atoms with Crippen LogP contribution >= 0.6 is 0 Å². The molecule has 208 valence electrons. The number of piperidine rings is 3. The van der Waals surface area contributed by atoms with Crippen LogP contribution in [0.4, 0.5) is 0 Å². The summed E-state index contributed by atoms with van der Waals surface area (Å²) in [5, 5.41) is 8.39. The van der Waals surface area contributed by atoms with Gasteiger partial charge in [-0.25, -0.2) is 0 Å². The summed E-state index contributed by atoms with van der Waals surface area (Å²) in [5.41, 5.74) is 0.252. The zero-order valence-electron chi connectivity index (χ0n) is 23.9. The predicted octanol–water partition coefficient (Wildman–Crippen LogP) is 1.31. The Balaban J connectivity index is 1.10. The average Bonchev–Trinajstić information content (AvgIpc) is 3.15. The zero-order chi connectivity index (χ0) is 26.1. The quantitative estimate of drug-likeness (QED) is 0.526. The number of amides is 2. The van der Waals surface area contributed by atoms with Gasteiger partial charge in [0.05, 0.1) is 29.8 Å². The standard InChI is InChI=1S/C30H50N4O3/c1-17(27(35)32-18-15-29(2,3)33-30(4,5)16-18)37-19-10-11-24-23(14-19)21-12-13-31-25-20-8-6-7-9-22(20)28(36)34(24)26(21)25/h17-26,31,33H,6-16H2,1-5H3,(H,32,35)/p+2. The van der Waals surface area contributed by atoms with Crippen molar-refractivity contribution in [1.29, 1.82) is 0 Å². The molecule has 6 fully saturated rings. The third-order valence-corrected chi connectivity index (χ3v) is 11.1. The van der Waals surface area contributed by atoms with Crippen molar-refractivity contribution in [3.8, 4) is 0 Å². The third kappa shape index (κ3) is 4.75. The lowest BCUT2D eigenvalue weighted by Crippen LogP contribution is -3.06. The monoisotopic (exact) mass is 516 g/mol. The second-order valence-corrected chi connectivity index (χ2v) is 15.0. The minimum atomic E-state index is -0.431. The summed E-state index contributed by atoms with van der Waals surface area (Å²) < 4.78 is 6.49. The number of ether oxygens (including phenoxy) is 1. The van der Waals surface area contributed by atoms with Gasteiger partial charge in [-0.2, -0.15) is 0 Å². The summed E-state index contributed by atoms with van der Waals surface area (Å²) >= 11 is 0. The minimum Gasteiger partial charge on any atom is -0.365 e. The van der Waals surface area contributed by atoms with Crippen molar-refractivity contribution in [1.82, 2.24) is 10.2 Å². The van der Waals surface area contributed by atoms with Gasteiger partial charge in [0.1, 0.15) is 12.1 Å². The van der Waals surface area contributed by atoms with E-state index in [0.717, 1.165) is 38.5 Å². The van der Waals surface area contributed by atoms with E-state index in [0.29, 0.717) is 41.8 Å². The maximum atomic E-state index is 13.8. The predicted molar refractivity (Wildman–Crippen MR) is 141 cm³/mol. The van der Waals surface area contributed by atoms with E-state index >= 15 is 0 Å². The Labute approximate surface area is 223 Å². The van der Waals surface area contributed by atoms with Crippen LogP contribution in [0.3, 0.4) is 0 Å². The van der Waals surface area contributed by atoms with Gasteiger partial charge in [0.15, 0.2) is 0 Å². The largest absolute Gasteiger partial charge is 0.365 e. The van der Waals surface area contributed by atoms with Crippen LogP contribution in [-0.2, 0) is 14.3 Å². The number of hydrogen-bond acceptors (Lipinski definition) is 3. The van der Waals surface area contributed by atoms with Crippen LogP contribution in [0.25, 0.3) is 0 Å². The Morgan fingerprint density at radius 3 is 2.49 bits per heavy atom. The number of carbonyl (C=O) groups is 2.